The molecule has 0 aromatic carbocycles. The summed E-state index contributed by atoms with van der Waals surface area (Å²) in [5.74, 6) is -0.413. The van der Waals surface area contributed by atoms with Crippen LogP contribution in [0.3, 0.4) is 0 Å². The highest BCUT2D eigenvalue weighted by Crippen LogP contribution is 1.88. The topological polar surface area (TPSA) is 80.0 Å². The highest BCUT2D eigenvalue weighted by atomic mass is 16.6. The van der Waals surface area contributed by atoms with Gasteiger partial charge in [-0.3, -0.25) is 4.79 Å². The van der Waals surface area contributed by atoms with Crippen molar-refractivity contribution in [2.75, 3.05) is 46.2 Å². The maximum Gasteiger partial charge on any atom is 0.322 e. The molecule has 0 aliphatic carbocycles. The number of unbranched alkanes of at least 4 members (excludes halogenated alkanes) is 1. The van der Waals surface area contributed by atoms with Crippen LogP contribution >= 0.6 is 0 Å². The van der Waals surface area contributed by atoms with Crippen molar-refractivity contribution in [3.8, 4) is 0 Å². The molecule has 0 aliphatic heterocycles. The summed E-state index contributed by atoms with van der Waals surface area (Å²) in [7, 11) is 0. The first-order chi connectivity index (χ1) is 9.18. The minimum Gasteiger partial charge on any atom is -0.462 e. The molecule has 0 aromatic rings. The predicted molar refractivity (Wildman–Crippen MR) is 72.0 cm³/mol. The Morgan fingerprint density at radius 1 is 0.947 bits per heavy atom. The van der Waals surface area contributed by atoms with Crippen molar-refractivity contribution in [1.29, 1.82) is 0 Å². The predicted octanol–water partition coefficient (Wildman–Crippen LogP) is 0.727. The van der Waals surface area contributed by atoms with Gasteiger partial charge in [0.05, 0.1) is 33.0 Å². The quantitative estimate of drug-likeness (QED) is 0.395. The Morgan fingerprint density at radius 2 is 1.42 bits per heavy atom. The number of hydrogen-bond donors (Lipinski definition) is 1. The van der Waals surface area contributed by atoms with Gasteiger partial charge >= 0.3 is 5.97 Å². The Balaban J connectivity index is 3.05. The lowest BCUT2D eigenvalue weighted by atomic mass is 10.4. The lowest BCUT2D eigenvalue weighted by molar-refractivity contribution is -0.146. The molecule has 0 spiro atoms. The summed E-state index contributed by atoms with van der Waals surface area (Å²) in [6.07, 6.45) is 2.23. The average Bonchev–Trinajstić information content (AvgIpc) is 2.39. The lowest BCUT2D eigenvalue weighted by Crippen LogP contribution is -2.29. The van der Waals surface area contributed by atoms with Gasteiger partial charge in [-0.05, 0) is 13.3 Å². The number of hydrogen-bond acceptors (Lipinski definition) is 6. The minimum absolute atomic E-state index is 0.223. The van der Waals surface area contributed by atoms with Gasteiger partial charge in [-0.25, -0.2) is 0 Å². The third kappa shape index (κ3) is 13.5. The van der Waals surface area contributed by atoms with Crippen molar-refractivity contribution >= 4 is 5.97 Å². The molecule has 1 atom stereocenters. The number of carbonyl (C=O) groups is 1. The number of carbonyl (C=O) groups excluding carboxylic acids is 1. The first kappa shape index (κ1) is 18.3. The summed E-state index contributed by atoms with van der Waals surface area (Å²) in [4.78, 5) is 11.0. The summed E-state index contributed by atoms with van der Waals surface area (Å²) < 4.78 is 20.7. The molecule has 19 heavy (non-hydrogen) atoms. The molecule has 1 unspecified atom stereocenters. The van der Waals surface area contributed by atoms with Crippen molar-refractivity contribution in [2.24, 2.45) is 5.73 Å². The molecule has 0 saturated heterocycles. The van der Waals surface area contributed by atoms with Gasteiger partial charge in [-0.1, -0.05) is 13.3 Å². The summed E-state index contributed by atoms with van der Waals surface area (Å²) in [5.41, 5.74) is 5.33. The van der Waals surface area contributed by atoms with E-state index in [2.05, 4.69) is 6.92 Å². The fraction of sp³-hybridized carbons (Fsp3) is 0.923. The Kier molecular flexibility index (Phi) is 13.2. The van der Waals surface area contributed by atoms with E-state index < -0.39 is 12.0 Å². The normalized spacial score (nSPS) is 12.4. The lowest BCUT2D eigenvalue weighted by Gasteiger charge is -2.08. The van der Waals surface area contributed by atoms with Crippen LogP contribution < -0.4 is 5.73 Å². The van der Waals surface area contributed by atoms with Crippen molar-refractivity contribution < 1.29 is 23.7 Å². The van der Waals surface area contributed by atoms with Gasteiger partial charge in [-0.2, -0.15) is 0 Å². The molecule has 0 saturated carbocycles. The summed E-state index contributed by atoms with van der Waals surface area (Å²) in [6.45, 7) is 7.26. The van der Waals surface area contributed by atoms with Crippen LogP contribution in [-0.2, 0) is 23.7 Å². The van der Waals surface area contributed by atoms with Crippen LogP contribution in [0.1, 0.15) is 26.7 Å². The SMILES string of the molecule is CCCCOCCOCCOCCOC(=O)C(C)N. The molecule has 6 heteroatoms. The highest BCUT2D eigenvalue weighted by Gasteiger charge is 2.07. The summed E-state index contributed by atoms with van der Waals surface area (Å²) in [5, 5.41) is 0. The van der Waals surface area contributed by atoms with E-state index in [0.29, 0.717) is 33.0 Å². The van der Waals surface area contributed by atoms with Crippen molar-refractivity contribution in [2.45, 2.75) is 32.7 Å². The van der Waals surface area contributed by atoms with Gasteiger partial charge in [0.2, 0.25) is 0 Å². The Labute approximate surface area is 115 Å². The van der Waals surface area contributed by atoms with Crippen LogP contribution in [0, 0.1) is 0 Å². The van der Waals surface area contributed by atoms with Gasteiger partial charge in [0.25, 0.3) is 0 Å². The Hall–Kier alpha value is -0.690. The smallest absolute Gasteiger partial charge is 0.322 e. The molecule has 0 fully saturated rings. The zero-order chi connectivity index (χ0) is 14.3. The van der Waals surface area contributed by atoms with E-state index in [9.17, 15) is 4.79 Å². The van der Waals surface area contributed by atoms with Gasteiger partial charge < -0.3 is 24.7 Å². The van der Waals surface area contributed by atoms with Gasteiger partial charge in [0, 0.05) is 6.61 Å². The second kappa shape index (κ2) is 13.7. The first-order valence-electron chi connectivity index (χ1n) is 6.84. The minimum atomic E-state index is -0.587. The van der Waals surface area contributed by atoms with Crippen molar-refractivity contribution in [3.05, 3.63) is 0 Å². The molecule has 0 heterocycles. The standard InChI is InChI=1S/C13H27NO5/c1-3-4-5-16-6-7-17-8-9-18-10-11-19-13(15)12(2)14/h12H,3-11,14H2,1-2H3. The van der Waals surface area contributed by atoms with Crippen LogP contribution in [0.2, 0.25) is 0 Å². The zero-order valence-corrected chi connectivity index (χ0v) is 12.1. The molecule has 114 valence electrons. The zero-order valence-electron chi connectivity index (χ0n) is 12.1. The highest BCUT2D eigenvalue weighted by molar-refractivity contribution is 5.74. The van der Waals surface area contributed by atoms with Gasteiger partial charge in [-0.15, -0.1) is 0 Å². The molecule has 0 aliphatic rings. The van der Waals surface area contributed by atoms with Crippen LogP contribution in [0.25, 0.3) is 0 Å². The molecule has 6 nitrogen and oxygen atoms in total. The van der Waals surface area contributed by atoms with Gasteiger partial charge in [0.1, 0.15) is 12.6 Å². The van der Waals surface area contributed by atoms with Crippen molar-refractivity contribution in [3.63, 3.8) is 0 Å². The monoisotopic (exact) mass is 277 g/mol. The maximum atomic E-state index is 11.0. The average molecular weight is 277 g/mol. The van der Waals surface area contributed by atoms with E-state index in [1.165, 1.54) is 0 Å². The van der Waals surface area contributed by atoms with E-state index in [1.54, 1.807) is 6.92 Å². The Morgan fingerprint density at radius 3 is 1.89 bits per heavy atom. The van der Waals surface area contributed by atoms with Crippen LogP contribution in [0.5, 0.6) is 0 Å². The molecule has 2 N–H and O–H groups in total. The maximum absolute atomic E-state index is 11.0. The fourth-order valence-electron chi connectivity index (χ4n) is 1.12. The van der Waals surface area contributed by atoms with Gasteiger partial charge in [0.15, 0.2) is 0 Å². The molecule has 0 amide bonds. The van der Waals surface area contributed by atoms with E-state index in [1.807, 2.05) is 0 Å². The van der Waals surface area contributed by atoms with E-state index in [-0.39, 0.29) is 6.61 Å². The molecule has 0 radical (unpaired) electrons. The van der Waals surface area contributed by atoms with Crippen LogP contribution in [0.4, 0.5) is 0 Å². The van der Waals surface area contributed by atoms with E-state index in [4.69, 9.17) is 24.7 Å². The second-order valence-electron chi connectivity index (χ2n) is 4.15. The molecule has 0 rings (SSSR count). The molecule has 0 bridgehead atoms. The number of rotatable bonds is 13. The number of nitrogens with two attached hydrogens (primary N) is 1. The summed E-state index contributed by atoms with van der Waals surface area (Å²) >= 11 is 0. The summed E-state index contributed by atoms with van der Waals surface area (Å²) in [6, 6.07) is -0.587. The second-order valence-corrected chi connectivity index (χ2v) is 4.15. The van der Waals surface area contributed by atoms with Crippen molar-refractivity contribution in [1.82, 2.24) is 0 Å². The molecular weight excluding hydrogens is 250 g/mol. The van der Waals surface area contributed by atoms with Crippen LogP contribution in [-0.4, -0.2) is 58.3 Å². The molecule has 0 aromatic heterocycles. The number of ether oxygens (including phenoxy) is 4. The van der Waals surface area contributed by atoms with E-state index in [0.717, 1.165) is 19.4 Å². The third-order valence-electron chi connectivity index (χ3n) is 2.23. The van der Waals surface area contributed by atoms with Crippen LogP contribution in [0.15, 0.2) is 0 Å². The third-order valence-corrected chi connectivity index (χ3v) is 2.23. The largest absolute Gasteiger partial charge is 0.462 e. The Bertz CT molecular complexity index is 211. The first-order valence-corrected chi connectivity index (χ1v) is 6.84. The molecular formula is C13H27NO5. The van der Waals surface area contributed by atoms with E-state index >= 15 is 0 Å². The number of esters is 1. The fourth-order valence-corrected chi connectivity index (χ4v) is 1.12.